The molecule has 25 heavy (non-hydrogen) atoms. The summed E-state index contributed by atoms with van der Waals surface area (Å²) in [5.41, 5.74) is 1.11. The van der Waals surface area contributed by atoms with Gasteiger partial charge in [-0.2, -0.15) is 13.2 Å². The van der Waals surface area contributed by atoms with Gasteiger partial charge in [-0.25, -0.2) is 0 Å². The quantitative estimate of drug-likeness (QED) is 0.670. The van der Waals surface area contributed by atoms with Gasteiger partial charge < -0.3 is 0 Å². The molecule has 1 aliphatic rings. The lowest BCUT2D eigenvalue weighted by molar-refractivity contribution is -0.137. The van der Waals surface area contributed by atoms with Crippen LogP contribution >= 0.6 is 0 Å². The van der Waals surface area contributed by atoms with Crippen LogP contribution in [0.2, 0.25) is 0 Å². The number of likely N-dealkylation sites (tertiary alicyclic amines) is 1. The van der Waals surface area contributed by atoms with Crippen LogP contribution in [0.4, 0.5) is 13.2 Å². The molecule has 130 valence electrons. The van der Waals surface area contributed by atoms with Crippen molar-refractivity contribution in [2.75, 3.05) is 13.1 Å². The third kappa shape index (κ3) is 4.64. The number of piperidine rings is 1. The van der Waals surface area contributed by atoms with Crippen LogP contribution in [0.3, 0.4) is 0 Å². The molecule has 0 aromatic heterocycles. The smallest absolute Gasteiger partial charge is 0.286 e. The Morgan fingerprint density at radius 3 is 2.08 bits per heavy atom. The molecule has 2 aromatic carbocycles. The first kappa shape index (κ1) is 17.6. The van der Waals surface area contributed by atoms with Gasteiger partial charge in [-0.15, -0.1) is 0 Å². The van der Waals surface area contributed by atoms with Gasteiger partial charge in [-0.1, -0.05) is 48.6 Å². The van der Waals surface area contributed by atoms with Gasteiger partial charge in [0.25, 0.3) is 0 Å². The molecule has 1 heterocycles. The van der Waals surface area contributed by atoms with Crippen molar-refractivity contribution in [1.29, 1.82) is 0 Å². The Morgan fingerprint density at radius 1 is 0.840 bits per heavy atom. The molecule has 1 aliphatic heterocycles. The van der Waals surface area contributed by atoms with E-state index in [9.17, 15) is 13.2 Å². The molecule has 0 aliphatic carbocycles. The predicted molar refractivity (Wildman–Crippen MR) is 92.9 cm³/mol. The second-order valence-electron chi connectivity index (χ2n) is 6.25. The number of nitrogens with zero attached hydrogens (tertiary/aromatic N) is 1. The zero-order valence-electron chi connectivity index (χ0n) is 13.9. The van der Waals surface area contributed by atoms with Crippen molar-refractivity contribution >= 4 is 0 Å². The van der Waals surface area contributed by atoms with Gasteiger partial charge >= 0.3 is 6.18 Å². The van der Waals surface area contributed by atoms with E-state index in [0.29, 0.717) is 0 Å². The first-order chi connectivity index (χ1) is 12.0. The second-order valence-corrected chi connectivity index (χ2v) is 6.25. The zero-order valence-corrected chi connectivity index (χ0v) is 13.9. The normalized spacial score (nSPS) is 16.8. The molecular weight excluding hydrogens is 323 g/mol. The van der Waals surface area contributed by atoms with Crippen LogP contribution in [-0.2, 0) is 6.18 Å². The summed E-state index contributed by atoms with van der Waals surface area (Å²) in [6.07, 6.45) is -0.911. The Kier molecular flexibility index (Phi) is 5.45. The monoisotopic (exact) mass is 343 g/mol. The van der Waals surface area contributed by atoms with Crippen LogP contribution in [0.15, 0.2) is 54.6 Å². The SMILES string of the molecule is FC(F)(F)c1ccc(C(C#Cc2ccccc2)N2CCCCC2)cc1. The Labute approximate surface area is 146 Å². The number of hydrogen-bond acceptors (Lipinski definition) is 1. The lowest BCUT2D eigenvalue weighted by atomic mass is 10.00. The molecule has 1 saturated heterocycles. The van der Waals surface area contributed by atoms with E-state index in [4.69, 9.17) is 0 Å². The molecule has 0 bridgehead atoms. The number of hydrogen-bond donors (Lipinski definition) is 0. The first-order valence-electron chi connectivity index (χ1n) is 8.52. The highest BCUT2D eigenvalue weighted by atomic mass is 19.4. The Bertz CT molecular complexity index is 733. The van der Waals surface area contributed by atoms with Crippen LogP contribution in [0.5, 0.6) is 0 Å². The highest BCUT2D eigenvalue weighted by Crippen LogP contribution is 2.31. The van der Waals surface area contributed by atoms with E-state index < -0.39 is 11.7 Å². The molecule has 0 N–H and O–H groups in total. The van der Waals surface area contributed by atoms with Gasteiger partial charge in [-0.05, 0) is 55.8 Å². The summed E-state index contributed by atoms with van der Waals surface area (Å²) >= 11 is 0. The largest absolute Gasteiger partial charge is 0.416 e. The summed E-state index contributed by atoms with van der Waals surface area (Å²) in [5.74, 6) is 6.45. The standard InChI is InChI=1S/C21H20F3N/c22-21(23,24)19-12-10-18(11-13-19)20(25-15-5-2-6-16-25)14-9-17-7-3-1-4-8-17/h1,3-4,7-8,10-13,20H,2,5-6,15-16H2. The molecular formula is C21H20F3N. The van der Waals surface area contributed by atoms with Gasteiger partial charge in [-0.3, -0.25) is 4.90 Å². The van der Waals surface area contributed by atoms with Crippen LogP contribution in [0.1, 0.15) is 42.0 Å². The van der Waals surface area contributed by atoms with E-state index in [1.54, 1.807) is 12.1 Å². The fourth-order valence-electron chi connectivity index (χ4n) is 3.09. The van der Waals surface area contributed by atoms with Crippen molar-refractivity contribution in [2.45, 2.75) is 31.5 Å². The molecule has 2 aromatic rings. The third-order valence-corrected chi connectivity index (χ3v) is 4.44. The van der Waals surface area contributed by atoms with E-state index in [0.717, 1.165) is 49.2 Å². The minimum atomic E-state index is -4.31. The van der Waals surface area contributed by atoms with Crippen molar-refractivity contribution in [2.24, 2.45) is 0 Å². The molecule has 1 nitrogen and oxygen atoms in total. The van der Waals surface area contributed by atoms with Crippen molar-refractivity contribution in [3.63, 3.8) is 0 Å². The molecule has 4 heteroatoms. The van der Waals surface area contributed by atoms with Gasteiger partial charge in [0.05, 0.1) is 11.6 Å². The highest BCUT2D eigenvalue weighted by Gasteiger charge is 2.30. The summed E-state index contributed by atoms with van der Waals surface area (Å²) in [6.45, 7) is 1.85. The van der Waals surface area contributed by atoms with Gasteiger partial charge in [0.2, 0.25) is 0 Å². The summed E-state index contributed by atoms with van der Waals surface area (Å²) in [7, 11) is 0. The van der Waals surface area contributed by atoms with Crippen LogP contribution in [0, 0.1) is 11.8 Å². The fraction of sp³-hybridized carbons (Fsp3) is 0.333. The summed E-state index contributed by atoms with van der Waals surface area (Å²) in [5, 5.41) is 0. The van der Waals surface area contributed by atoms with Gasteiger partial charge in [0, 0.05) is 5.56 Å². The zero-order chi connectivity index (χ0) is 17.7. The fourth-order valence-corrected chi connectivity index (χ4v) is 3.09. The molecule has 1 atom stereocenters. The Morgan fingerprint density at radius 2 is 1.48 bits per heavy atom. The van der Waals surface area contributed by atoms with Crippen molar-refractivity contribution < 1.29 is 13.2 Å². The lowest BCUT2D eigenvalue weighted by Crippen LogP contribution is -2.33. The van der Waals surface area contributed by atoms with Crippen LogP contribution < -0.4 is 0 Å². The summed E-state index contributed by atoms with van der Waals surface area (Å²) in [4.78, 5) is 2.27. The Hall–Kier alpha value is -2.25. The van der Waals surface area contributed by atoms with E-state index in [-0.39, 0.29) is 6.04 Å². The average molecular weight is 343 g/mol. The highest BCUT2D eigenvalue weighted by molar-refractivity contribution is 5.38. The van der Waals surface area contributed by atoms with E-state index in [1.165, 1.54) is 6.42 Å². The number of rotatable bonds is 2. The molecule has 3 rings (SSSR count). The minimum absolute atomic E-state index is 0.178. The maximum Gasteiger partial charge on any atom is 0.416 e. The van der Waals surface area contributed by atoms with E-state index >= 15 is 0 Å². The minimum Gasteiger partial charge on any atom is -0.286 e. The second kappa shape index (κ2) is 7.76. The summed E-state index contributed by atoms with van der Waals surface area (Å²) in [6, 6.07) is 14.9. The molecule has 0 saturated carbocycles. The maximum atomic E-state index is 12.8. The third-order valence-electron chi connectivity index (χ3n) is 4.44. The number of benzene rings is 2. The topological polar surface area (TPSA) is 3.24 Å². The summed E-state index contributed by atoms with van der Waals surface area (Å²) < 4.78 is 38.4. The van der Waals surface area contributed by atoms with Crippen molar-refractivity contribution in [3.8, 4) is 11.8 Å². The van der Waals surface area contributed by atoms with Gasteiger partial charge in [0.15, 0.2) is 0 Å². The van der Waals surface area contributed by atoms with Crippen LogP contribution in [0.25, 0.3) is 0 Å². The molecule has 0 amide bonds. The van der Waals surface area contributed by atoms with Crippen LogP contribution in [-0.4, -0.2) is 18.0 Å². The maximum absolute atomic E-state index is 12.8. The Balaban J connectivity index is 1.89. The number of halogens is 3. The van der Waals surface area contributed by atoms with E-state index in [1.807, 2.05) is 30.3 Å². The number of alkyl halides is 3. The van der Waals surface area contributed by atoms with Crippen molar-refractivity contribution in [1.82, 2.24) is 4.90 Å². The molecule has 0 spiro atoms. The predicted octanol–water partition coefficient (Wildman–Crippen LogP) is 5.28. The molecule has 0 radical (unpaired) electrons. The van der Waals surface area contributed by atoms with Gasteiger partial charge in [0.1, 0.15) is 0 Å². The lowest BCUT2D eigenvalue weighted by Gasteiger charge is -2.32. The molecule has 1 fully saturated rings. The van der Waals surface area contributed by atoms with E-state index in [2.05, 4.69) is 16.7 Å². The average Bonchev–Trinajstić information content (AvgIpc) is 2.63. The first-order valence-corrected chi connectivity index (χ1v) is 8.52. The molecule has 1 unspecified atom stereocenters. The van der Waals surface area contributed by atoms with Crippen molar-refractivity contribution in [3.05, 3.63) is 71.3 Å².